The molecule has 0 aliphatic heterocycles. The summed E-state index contributed by atoms with van der Waals surface area (Å²) < 4.78 is 4.71. The van der Waals surface area contributed by atoms with Crippen LogP contribution in [-0.4, -0.2) is 42.4 Å². The molecule has 0 atom stereocenters. The Balaban J connectivity index is 2.46. The number of ether oxygens (including phenoxy) is 1. The largest absolute Gasteiger partial charge is 0.454 e. The summed E-state index contributed by atoms with van der Waals surface area (Å²) in [4.78, 5) is 44.8. The zero-order valence-corrected chi connectivity index (χ0v) is 14.5. The Hall–Kier alpha value is -2.68. The van der Waals surface area contributed by atoms with Gasteiger partial charge in [-0.05, 0) is 18.1 Å². The summed E-state index contributed by atoms with van der Waals surface area (Å²) in [7, 11) is 0. The maximum Gasteiger partial charge on any atom is 0.325 e. The third-order valence-electron chi connectivity index (χ3n) is 2.87. The van der Waals surface area contributed by atoms with Gasteiger partial charge in [0.05, 0.1) is 4.92 Å². The van der Waals surface area contributed by atoms with E-state index in [-0.39, 0.29) is 16.5 Å². The van der Waals surface area contributed by atoms with Crippen LogP contribution in [0.25, 0.3) is 0 Å². The highest BCUT2D eigenvalue weighted by Gasteiger charge is 2.17. The van der Waals surface area contributed by atoms with Crippen LogP contribution in [0.1, 0.15) is 24.2 Å². The number of nitrogens with one attached hydrogen (secondary N) is 2. The van der Waals surface area contributed by atoms with Gasteiger partial charge in [0.15, 0.2) is 6.61 Å². The second kappa shape index (κ2) is 9.58. The van der Waals surface area contributed by atoms with Crippen LogP contribution < -0.4 is 10.6 Å². The van der Waals surface area contributed by atoms with E-state index in [4.69, 9.17) is 16.3 Å². The minimum absolute atomic E-state index is 0.0291. The van der Waals surface area contributed by atoms with Gasteiger partial charge in [0.25, 0.3) is 17.5 Å². The van der Waals surface area contributed by atoms with Gasteiger partial charge in [0.2, 0.25) is 0 Å². The van der Waals surface area contributed by atoms with Crippen LogP contribution in [0.4, 0.5) is 5.69 Å². The number of amides is 2. The molecule has 1 rings (SSSR count). The van der Waals surface area contributed by atoms with Crippen molar-refractivity contribution in [3.05, 3.63) is 38.9 Å². The molecule has 2 N–H and O–H groups in total. The van der Waals surface area contributed by atoms with Crippen LogP contribution in [0.5, 0.6) is 0 Å². The van der Waals surface area contributed by atoms with Gasteiger partial charge < -0.3 is 15.4 Å². The first-order chi connectivity index (χ1) is 11.7. The molecule has 2 amide bonds. The number of carbonyl (C=O) groups excluding carboxylic acids is 3. The molecule has 0 aliphatic carbocycles. The molecule has 0 aromatic heterocycles. The Labute approximate surface area is 148 Å². The average Bonchev–Trinajstić information content (AvgIpc) is 2.55. The number of hydrogen-bond acceptors (Lipinski definition) is 6. The van der Waals surface area contributed by atoms with Crippen LogP contribution in [-0.2, 0) is 14.3 Å². The molecule has 0 saturated heterocycles. The molecule has 0 heterocycles. The number of hydrogen-bond donors (Lipinski definition) is 2. The van der Waals surface area contributed by atoms with Crippen molar-refractivity contribution in [3.63, 3.8) is 0 Å². The van der Waals surface area contributed by atoms with Gasteiger partial charge in [0.1, 0.15) is 11.6 Å². The van der Waals surface area contributed by atoms with E-state index < -0.39 is 41.5 Å². The number of carbonyl (C=O) groups is 3. The lowest BCUT2D eigenvalue weighted by atomic mass is 10.2. The Morgan fingerprint density at radius 3 is 2.56 bits per heavy atom. The van der Waals surface area contributed by atoms with E-state index in [1.807, 2.05) is 13.8 Å². The Morgan fingerprint density at radius 1 is 1.28 bits per heavy atom. The SMILES string of the molecule is CC(C)CNC(=O)COC(=O)CNC(=O)c1ccc(Cl)c([N+](=O)[O-])c1. The van der Waals surface area contributed by atoms with Crippen molar-refractivity contribution in [2.75, 3.05) is 19.7 Å². The first kappa shape index (κ1) is 20.4. The molecule has 0 unspecified atom stereocenters. The van der Waals surface area contributed by atoms with Crippen LogP contribution in [0.15, 0.2) is 18.2 Å². The molecule has 136 valence electrons. The van der Waals surface area contributed by atoms with Crippen molar-refractivity contribution in [3.8, 4) is 0 Å². The number of nitro benzene ring substituents is 1. The molecular formula is C15H18ClN3O6. The molecule has 0 bridgehead atoms. The van der Waals surface area contributed by atoms with Gasteiger partial charge in [-0.25, -0.2) is 0 Å². The lowest BCUT2D eigenvalue weighted by Crippen LogP contribution is -2.35. The number of esters is 1. The predicted molar refractivity (Wildman–Crippen MR) is 89.2 cm³/mol. The molecule has 25 heavy (non-hydrogen) atoms. The average molecular weight is 372 g/mol. The molecular weight excluding hydrogens is 354 g/mol. The van der Waals surface area contributed by atoms with Crippen LogP contribution >= 0.6 is 11.6 Å². The van der Waals surface area contributed by atoms with Crippen molar-refractivity contribution < 1.29 is 24.0 Å². The molecule has 0 saturated carbocycles. The lowest BCUT2D eigenvalue weighted by molar-refractivity contribution is -0.384. The number of nitro groups is 1. The van der Waals surface area contributed by atoms with Crippen molar-refractivity contribution in [2.24, 2.45) is 5.92 Å². The molecule has 0 spiro atoms. The smallest absolute Gasteiger partial charge is 0.325 e. The summed E-state index contributed by atoms with van der Waals surface area (Å²) in [6, 6.07) is 3.50. The lowest BCUT2D eigenvalue weighted by Gasteiger charge is -2.09. The monoisotopic (exact) mass is 371 g/mol. The summed E-state index contributed by atoms with van der Waals surface area (Å²) in [6.45, 7) is 3.37. The fourth-order valence-electron chi connectivity index (χ4n) is 1.61. The normalized spacial score (nSPS) is 10.2. The molecule has 1 aromatic rings. The Bertz CT molecular complexity index is 677. The zero-order valence-electron chi connectivity index (χ0n) is 13.7. The number of benzene rings is 1. The first-order valence-corrected chi connectivity index (χ1v) is 7.73. The highest BCUT2D eigenvalue weighted by atomic mass is 35.5. The van der Waals surface area contributed by atoms with Gasteiger partial charge >= 0.3 is 5.97 Å². The summed E-state index contributed by atoms with van der Waals surface area (Å²) in [5.41, 5.74) is -0.447. The van der Waals surface area contributed by atoms with Crippen molar-refractivity contribution >= 4 is 35.1 Å². The summed E-state index contributed by atoms with van der Waals surface area (Å²) in [5.74, 6) is -1.69. The fraction of sp³-hybridized carbons (Fsp3) is 0.400. The third kappa shape index (κ3) is 7.17. The maximum atomic E-state index is 11.9. The minimum Gasteiger partial charge on any atom is -0.454 e. The standard InChI is InChI=1S/C15H18ClN3O6/c1-9(2)6-17-13(20)8-25-14(21)7-18-15(22)10-3-4-11(16)12(5-10)19(23)24/h3-5,9H,6-8H2,1-2H3,(H,17,20)(H,18,22). The first-order valence-electron chi connectivity index (χ1n) is 7.35. The molecule has 0 fully saturated rings. The third-order valence-corrected chi connectivity index (χ3v) is 3.19. The zero-order chi connectivity index (χ0) is 19.0. The molecule has 9 nitrogen and oxygen atoms in total. The van der Waals surface area contributed by atoms with Crippen molar-refractivity contribution in [1.29, 1.82) is 0 Å². The van der Waals surface area contributed by atoms with E-state index in [1.165, 1.54) is 12.1 Å². The van der Waals surface area contributed by atoms with Gasteiger partial charge in [-0.3, -0.25) is 24.5 Å². The van der Waals surface area contributed by atoms with Gasteiger partial charge in [-0.2, -0.15) is 0 Å². The van der Waals surface area contributed by atoms with E-state index >= 15 is 0 Å². The minimum atomic E-state index is -0.809. The molecule has 0 radical (unpaired) electrons. The van der Waals surface area contributed by atoms with Crippen LogP contribution in [0.3, 0.4) is 0 Å². The summed E-state index contributed by atoms with van der Waals surface area (Å²) in [5, 5.41) is 15.5. The predicted octanol–water partition coefficient (Wildman–Crippen LogP) is 1.29. The molecule has 0 aliphatic rings. The van der Waals surface area contributed by atoms with Crippen LogP contribution in [0.2, 0.25) is 5.02 Å². The number of nitrogens with zero attached hydrogens (tertiary/aromatic N) is 1. The van der Waals surface area contributed by atoms with Crippen molar-refractivity contribution in [2.45, 2.75) is 13.8 Å². The van der Waals surface area contributed by atoms with Crippen LogP contribution in [0, 0.1) is 16.0 Å². The second-order valence-corrected chi connectivity index (χ2v) is 5.87. The maximum absolute atomic E-state index is 11.9. The highest BCUT2D eigenvalue weighted by molar-refractivity contribution is 6.32. The fourth-order valence-corrected chi connectivity index (χ4v) is 1.80. The summed E-state index contributed by atoms with van der Waals surface area (Å²) in [6.07, 6.45) is 0. The molecule has 1 aromatic carbocycles. The highest BCUT2D eigenvalue weighted by Crippen LogP contribution is 2.24. The van der Waals surface area contributed by atoms with E-state index in [0.29, 0.717) is 6.54 Å². The van der Waals surface area contributed by atoms with Gasteiger partial charge in [-0.15, -0.1) is 0 Å². The van der Waals surface area contributed by atoms with E-state index in [0.717, 1.165) is 6.07 Å². The quantitative estimate of drug-likeness (QED) is 0.402. The van der Waals surface area contributed by atoms with Gasteiger partial charge in [0, 0.05) is 18.2 Å². The van der Waals surface area contributed by atoms with Crippen molar-refractivity contribution in [1.82, 2.24) is 10.6 Å². The Morgan fingerprint density at radius 2 is 1.96 bits per heavy atom. The second-order valence-electron chi connectivity index (χ2n) is 5.46. The number of halogens is 1. The number of rotatable bonds is 8. The summed E-state index contributed by atoms with van der Waals surface area (Å²) >= 11 is 5.65. The molecule has 10 heteroatoms. The van der Waals surface area contributed by atoms with Gasteiger partial charge in [-0.1, -0.05) is 25.4 Å². The topological polar surface area (TPSA) is 128 Å². The van der Waals surface area contributed by atoms with E-state index in [9.17, 15) is 24.5 Å². The van der Waals surface area contributed by atoms with E-state index in [2.05, 4.69) is 10.6 Å². The van der Waals surface area contributed by atoms with E-state index in [1.54, 1.807) is 0 Å². The Kier molecular flexibility index (Phi) is 7.80.